The highest BCUT2D eigenvalue weighted by atomic mass is 35.5. The number of benzene rings is 1. The molecule has 0 unspecified atom stereocenters. The van der Waals surface area contributed by atoms with Gasteiger partial charge in [0.25, 0.3) is 0 Å². The zero-order valence-corrected chi connectivity index (χ0v) is 10.8. The Labute approximate surface area is 111 Å². The molecule has 3 rings (SSSR count). The number of aldehydes is 1. The predicted octanol–water partition coefficient (Wildman–Crippen LogP) is 4.40. The second-order valence-corrected chi connectivity index (χ2v) is 5.86. The first-order chi connectivity index (χ1) is 8.63. The van der Waals surface area contributed by atoms with Gasteiger partial charge in [0.2, 0.25) is 0 Å². The molecular formula is C15H14ClFO. The smallest absolute Gasteiger partial charge is 0.146 e. The van der Waals surface area contributed by atoms with Crippen LogP contribution in [0.25, 0.3) is 5.57 Å². The molecular weight excluding hydrogens is 251 g/mol. The first kappa shape index (κ1) is 11.9. The van der Waals surface area contributed by atoms with Gasteiger partial charge in [-0.15, -0.1) is 0 Å². The van der Waals surface area contributed by atoms with Crippen LogP contribution in [0.2, 0.25) is 5.02 Å². The van der Waals surface area contributed by atoms with Crippen molar-refractivity contribution in [3.05, 3.63) is 40.2 Å². The minimum Gasteiger partial charge on any atom is -0.298 e. The first-order valence-corrected chi connectivity index (χ1v) is 6.64. The molecule has 0 N–H and O–H groups in total. The Balaban J connectivity index is 2.03. The van der Waals surface area contributed by atoms with Gasteiger partial charge in [0.05, 0.1) is 0 Å². The summed E-state index contributed by atoms with van der Waals surface area (Å²) >= 11 is 5.76. The Morgan fingerprint density at radius 2 is 2.06 bits per heavy atom. The lowest BCUT2D eigenvalue weighted by atomic mass is 9.79. The number of hydrogen-bond acceptors (Lipinski definition) is 1. The van der Waals surface area contributed by atoms with Crippen molar-refractivity contribution in [3.8, 4) is 0 Å². The molecule has 1 nitrogen and oxygen atoms in total. The molecule has 0 heterocycles. The Morgan fingerprint density at radius 1 is 1.28 bits per heavy atom. The quantitative estimate of drug-likeness (QED) is 0.724. The number of carbonyl (C=O) groups is 1. The Bertz CT molecular complexity index is 543. The van der Waals surface area contributed by atoms with Crippen molar-refractivity contribution in [2.75, 3.05) is 0 Å². The number of hydrogen-bond donors (Lipinski definition) is 0. The third-order valence-corrected chi connectivity index (χ3v) is 4.45. The molecule has 0 aromatic heterocycles. The molecule has 2 aliphatic rings. The molecule has 94 valence electrons. The summed E-state index contributed by atoms with van der Waals surface area (Å²) < 4.78 is 13.9. The van der Waals surface area contributed by atoms with E-state index in [4.69, 9.17) is 11.6 Å². The molecule has 0 saturated heterocycles. The van der Waals surface area contributed by atoms with Crippen LogP contribution in [0.5, 0.6) is 0 Å². The van der Waals surface area contributed by atoms with Gasteiger partial charge in [0.1, 0.15) is 12.1 Å². The molecule has 18 heavy (non-hydrogen) atoms. The highest BCUT2D eigenvalue weighted by Crippen LogP contribution is 2.58. The summed E-state index contributed by atoms with van der Waals surface area (Å²) in [6.07, 6.45) is 6.01. The molecule has 0 atom stereocenters. The van der Waals surface area contributed by atoms with Gasteiger partial charge in [-0.3, -0.25) is 4.79 Å². The van der Waals surface area contributed by atoms with E-state index in [2.05, 4.69) is 0 Å². The number of rotatable bonds is 2. The molecule has 1 aromatic carbocycles. The van der Waals surface area contributed by atoms with Crippen LogP contribution in [0, 0.1) is 11.2 Å². The fraction of sp³-hybridized carbons (Fsp3) is 0.400. The van der Waals surface area contributed by atoms with Gasteiger partial charge in [-0.05, 0) is 60.8 Å². The summed E-state index contributed by atoms with van der Waals surface area (Å²) in [5.41, 5.74) is 2.55. The normalized spacial score (nSPS) is 21.2. The molecule has 1 aromatic rings. The topological polar surface area (TPSA) is 17.1 Å². The maximum Gasteiger partial charge on any atom is 0.146 e. The Kier molecular flexibility index (Phi) is 2.78. The van der Waals surface area contributed by atoms with Crippen molar-refractivity contribution in [2.45, 2.75) is 32.1 Å². The van der Waals surface area contributed by atoms with Gasteiger partial charge >= 0.3 is 0 Å². The average Bonchev–Trinajstić information content (AvgIpc) is 3.10. The van der Waals surface area contributed by atoms with Gasteiger partial charge in [0.15, 0.2) is 0 Å². The van der Waals surface area contributed by atoms with Crippen molar-refractivity contribution < 1.29 is 9.18 Å². The van der Waals surface area contributed by atoms with E-state index in [1.54, 1.807) is 12.1 Å². The van der Waals surface area contributed by atoms with Crippen LogP contribution in [0.4, 0.5) is 4.39 Å². The zero-order valence-electron chi connectivity index (χ0n) is 10.0. The molecule has 1 fully saturated rings. The number of allylic oxidation sites excluding steroid dienone is 2. The molecule has 3 heteroatoms. The van der Waals surface area contributed by atoms with E-state index in [1.807, 2.05) is 0 Å². The van der Waals surface area contributed by atoms with E-state index in [1.165, 1.54) is 18.9 Å². The highest BCUT2D eigenvalue weighted by Gasteiger charge is 2.45. The minimum absolute atomic E-state index is 0.330. The van der Waals surface area contributed by atoms with Gasteiger partial charge < -0.3 is 0 Å². The van der Waals surface area contributed by atoms with Crippen molar-refractivity contribution in [3.63, 3.8) is 0 Å². The van der Waals surface area contributed by atoms with Crippen LogP contribution >= 0.6 is 11.6 Å². The average molecular weight is 265 g/mol. The predicted molar refractivity (Wildman–Crippen MR) is 69.9 cm³/mol. The van der Waals surface area contributed by atoms with Crippen LogP contribution in [-0.4, -0.2) is 6.29 Å². The molecule has 0 amide bonds. The van der Waals surface area contributed by atoms with Crippen molar-refractivity contribution >= 4 is 23.5 Å². The second kappa shape index (κ2) is 4.20. The third kappa shape index (κ3) is 1.99. The first-order valence-electron chi connectivity index (χ1n) is 6.26. The minimum atomic E-state index is -0.330. The lowest BCUT2D eigenvalue weighted by Crippen LogP contribution is -2.12. The molecule has 0 aliphatic heterocycles. The van der Waals surface area contributed by atoms with Crippen LogP contribution in [0.3, 0.4) is 0 Å². The van der Waals surface area contributed by atoms with E-state index in [-0.39, 0.29) is 5.82 Å². The molecule has 1 saturated carbocycles. The van der Waals surface area contributed by atoms with Crippen LogP contribution < -0.4 is 0 Å². The van der Waals surface area contributed by atoms with Gasteiger partial charge in [-0.25, -0.2) is 4.39 Å². The largest absolute Gasteiger partial charge is 0.298 e. The third-order valence-electron chi connectivity index (χ3n) is 4.21. The maximum absolute atomic E-state index is 13.9. The lowest BCUT2D eigenvalue weighted by molar-refractivity contribution is -0.105. The summed E-state index contributed by atoms with van der Waals surface area (Å²) in [4.78, 5) is 11.2. The van der Waals surface area contributed by atoms with E-state index in [9.17, 15) is 9.18 Å². The van der Waals surface area contributed by atoms with Crippen LogP contribution in [0.1, 0.15) is 37.7 Å². The maximum atomic E-state index is 13.9. The van der Waals surface area contributed by atoms with E-state index < -0.39 is 0 Å². The lowest BCUT2D eigenvalue weighted by Gasteiger charge is -2.25. The summed E-state index contributed by atoms with van der Waals surface area (Å²) in [7, 11) is 0. The van der Waals surface area contributed by atoms with Crippen molar-refractivity contribution in [1.82, 2.24) is 0 Å². The number of carbonyl (C=O) groups excluding carboxylic acids is 1. The fourth-order valence-electron chi connectivity index (χ4n) is 2.91. The monoisotopic (exact) mass is 264 g/mol. The van der Waals surface area contributed by atoms with Gasteiger partial charge in [0, 0.05) is 10.6 Å². The van der Waals surface area contributed by atoms with Gasteiger partial charge in [-0.1, -0.05) is 17.7 Å². The van der Waals surface area contributed by atoms with Crippen LogP contribution in [0.15, 0.2) is 23.8 Å². The SMILES string of the molecule is O=CC1=C(c2ccc(Cl)cc2F)CCC2(CC2)C1. The van der Waals surface area contributed by atoms with Crippen molar-refractivity contribution in [2.24, 2.45) is 5.41 Å². The molecule has 2 aliphatic carbocycles. The fourth-order valence-corrected chi connectivity index (χ4v) is 3.07. The summed E-state index contributed by atoms with van der Waals surface area (Å²) in [5.74, 6) is -0.330. The summed E-state index contributed by atoms with van der Waals surface area (Å²) in [5, 5.41) is 0.388. The molecule has 1 spiro atoms. The van der Waals surface area contributed by atoms with Crippen LogP contribution in [-0.2, 0) is 4.79 Å². The van der Waals surface area contributed by atoms with E-state index in [0.717, 1.165) is 36.7 Å². The summed E-state index contributed by atoms with van der Waals surface area (Å²) in [6, 6.07) is 4.67. The highest BCUT2D eigenvalue weighted by molar-refractivity contribution is 6.30. The Hall–Kier alpha value is -1.15. The summed E-state index contributed by atoms with van der Waals surface area (Å²) in [6.45, 7) is 0. The molecule has 0 radical (unpaired) electrons. The number of halogens is 2. The standard InChI is InChI=1S/C15H14ClFO/c16-11-1-2-13(14(17)7-11)12-3-4-15(5-6-15)8-10(12)9-18/h1-2,7,9H,3-6,8H2. The van der Waals surface area contributed by atoms with E-state index >= 15 is 0 Å². The second-order valence-electron chi connectivity index (χ2n) is 5.42. The van der Waals surface area contributed by atoms with Crippen molar-refractivity contribution in [1.29, 1.82) is 0 Å². The zero-order chi connectivity index (χ0) is 12.8. The Morgan fingerprint density at radius 3 is 2.67 bits per heavy atom. The van der Waals surface area contributed by atoms with E-state index in [0.29, 0.717) is 16.0 Å². The van der Waals surface area contributed by atoms with Gasteiger partial charge in [-0.2, -0.15) is 0 Å². The molecule has 0 bridgehead atoms.